The molecule has 2 bridgehead atoms. The van der Waals surface area contributed by atoms with E-state index in [4.69, 9.17) is 18.0 Å². The molecule has 0 radical (unpaired) electrons. The highest BCUT2D eigenvalue weighted by atomic mass is 32.1. The van der Waals surface area contributed by atoms with Gasteiger partial charge in [0, 0.05) is 25.2 Å². The van der Waals surface area contributed by atoms with Gasteiger partial charge in [-0.2, -0.15) is 0 Å². The standard InChI is InChI=1S/C9H17N3S/c1-11-7-2-3-8(11)6-12(5-4-7)9(10)13/h7-8H,2-6H2,1H3,(H2,10,13). The van der Waals surface area contributed by atoms with Crippen molar-refractivity contribution >= 4 is 17.3 Å². The molecule has 2 heterocycles. The first-order valence-corrected chi connectivity index (χ1v) is 5.35. The van der Waals surface area contributed by atoms with Crippen molar-refractivity contribution in [3.8, 4) is 0 Å². The fourth-order valence-corrected chi connectivity index (χ4v) is 2.67. The highest BCUT2D eigenvalue weighted by Gasteiger charge is 2.34. The van der Waals surface area contributed by atoms with Crippen molar-refractivity contribution in [3.63, 3.8) is 0 Å². The first-order valence-electron chi connectivity index (χ1n) is 4.95. The van der Waals surface area contributed by atoms with Gasteiger partial charge in [-0.15, -0.1) is 0 Å². The Balaban J connectivity index is 2.07. The zero-order valence-electron chi connectivity index (χ0n) is 8.07. The number of fused-ring (bicyclic) bond motifs is 2. The molecule has 2 unspecified atom stereocenters. The lowest BCUT2D eigenvalue weighted by Crippen LogP contribution is -2.42. The molecule has 0 saturated carbocycles. The summed E-state index contributed by atoms with van der Waals surface area (Å²) in [6.07, 6.45) is 3.87. The molecular formula is C9H17N3S. The topological polar surface area (TPSA) is 32.5 Å². The molecule has 74 valence electrons. The van der Waals surface area contributed by atoms with Crippen molar-refractivity contribution < 1.29 is 0 Å². The third-order valence-corrected chi connectivity index (χ3v) is 3.72. The Hall–Kier alpha value is -0.350. The summed E-state index contributed by atoms with van der Waals surface area (Å²) in [5, 5.41) is 0.570. The van der Waals surface area contributed by atoms with Crippen LogP contribution in [0.25, 0.3) is 0 Å². The van der Waals surface area contributed by atoms with Crippen LogP contribution in [0.5, 0.6) is 0 Å². The van der Waals surface area contributed by atoms with Crippen LogP contribution in [0.4, 0.5) is 0 Å². The third-order valence-electron chi connectivity index (χ3n) is 3.46. The molecule has 2 aliphatic rings. The molecule has 4 heteroatoms. The van der Waals surface area contributed by atoms with Crippen LogP contribution in [0.1, 0.15) is 19.3 Å². The minimum atomic E-state index is 0.570. The van der Waals surface area contributed by atoms with Crippen LogP contribution in [0.2, 0.25) is 0 Å². The second kappa shape index (κ2) is 3.42. The van der Waals surface area contributed by atoms with E-state index in [2.05, 4.69) is 16.8 Å². The number of thiocarbonyl (C=S) groups is 1. The maximum Gasteiger partial charge on any atom is 0.166 e. The minimum Gasteiger partial charge on any atom is -0.376 e. The van der Waals surface area contributed by atoms with Gasteiger partial charge in [-0.05, 0) is 38.5 Å². The van der Waals surface area contributed by atoms with Gasteiger partial charge in [-0.25, -0.2) is 0 Å². The lowest BCUT2D eigenvalue weighted by Gasteiger charge is -2.25. The number of nitrogens with two attached hydrogens (primary N) is 1. The summed E-state index contributed by atoms with van der Waals surface area (Å²) in [6.45, 7) is 2.07. The maximum atomic E-state index is 5.65. The van der Waals surface area contributed by atoms with Gasteiger partial charge in [0.1, 0.15) is 0 Å². The van der Waals surface area contributed by atoms with E-state index in [1.165, 1.54) is 19.3 Å². The number of hydrogen-bond acceptors (Lipinski definition) is 2. The summed E-state index contributed by atoms with van der Waals surface area (Å²) < 4.78 is 0. The zero-order chi connectivity index (χ0) is 9.42. The molecular weight excluding hydrogens is 182 g/mol. The predicted octanol–water partition coefficient (Wildman–Crippen LogP) is 0.398. The van der Waals surface area contributed by atoms with Crippen LogP contribution >= 0.6 is 12.2 Å². The average Bonchev–Trinajstić information content (AvgIpc) is 2.25. The average molecular weight is 199 g/mol. The molecule has 0 aromatic carbocycles. The van der Waals surface area contributed by atoms with Gasteiger partial charge in [0.05, 0.1) is 0 Å². The van der Waals surface area contributed by atoms with E-state index in [-0.39, 0.29) is 0 Å². The Kier molecular flexibility index (Phi) is 2.43. The lowest BCUT2D eigenvalue weighted by atomic mass is 10.1. The molecule has 2 N–H and O–H groups in total. The monoisotopic (exact) mass is 199 g/mol. The van der Waals surface area contributed by atoms with Crippen LogP contribution in [0.15, 0.2) is 0 Å². The Morgan fingerprint density at radius 3 is 2.69 bits per heavy atom. The van der Waals surface area contributed by atoms with Crippen LogP contribution in [-0.2, 0) is 0 Å². The van der Waals surface area contributed by atoms with E-state index < -0.39 is 0 Å². The molecule has 0 aromatic rings. The molecule has 2 atom stereocenters. The zero-order valence-corrected chi connectivity index (χ0v) is 8.89. The van der Waals surface area contributed by atoms with E-state index in [9.17, 15) is 0 Å². The van der Waals surface area contributed by atoms with Gasteiger partial charge in [0.25, 0.3) is 0 Å². The van der Waals surface area contributed by atoms with Crippen molar-refractivity contribution in [1.29, 1.82) is 0 Å². The van der Waals surface area contributed by atoms with Crippen molar-refractivity contribution in [1.82, 2.24) is 9.80 Å². The summed E-state index contributed by atoms with van der Waals surface area (Å²) >= 11 is 5.02. The second-order valence-corrected chi connectivity index (χ2v) is 4.54. The second-order valence-electron chi connectivity index (χ2n) is 4.12. The van der Waals surface area contributed by atoms with E-state index in [1.54, 1.807) is 0 Å². The molecule has 3 nitrogen and oxygen atoms in total. The summed E-state index contributed by atoms with van der Waals surface area (Å²) in [7, 11) is 2.23. The van der Waals surface area contributed by atoms with Gasteiger partial charge in [-0.3, -0.25) is 4.90 Å². The molecule has 13 heavy (non-hydrogen) atoms. The molecule has 0 aromatic heterocycles. The Morgan fingerprint density at radius 2 is 2.00 bits per heavy atom. The maximum absolute atomic E-state index is 5.65. The normalized spacial score (nSPS) is 34.7. The third kappa shape index (κ3) is 1.65. The SMILES string of the molecule is CN1C2CCC1CN(C(N)=S)CC2. The van der Waals surface area contributed by atoms with E-state index in [0.29, 0.717) is 11.2 Å². The van der Waals surface area contributed by atoms with Crippen molar-refractivity contribution in [2.45, 2.75) is 31.3 Å². The van der Waals surface area contributed by atoms with Crippen LogP contribution in [0.3, 0.4) is 0 Å². The summed E-state index contributed by atoms with van der Waals surface area (Å²) in [5.74, 6) is 0. The number of likely N-dealkylation sites (tertiary alicyclic amines) is 1. The van der Waals surface area contributed by atoms with Crippen molar-refractivity contribution in [2.75, 3.05) is 20.1 Å². The van der Waals surface area contributed by atoms with Crippen molar-refractivity contribution in [3.05, 3.63) is 0 Å². The lowest BCUT2D eigenvalue weighted by molar-refractivity contribution is 0.246. The first kappa shape index (κ1) is 9.21. The van der Waals surface area contributed by atoms with Gasteiger partial charge in [0.15, 0.2) is 5.11 Å². The van der Waals surface area contributed by atoms with Crippen LogP contribution in [0, 0.1) is 0 Å². The molecule has 0 amide bonds. The minimum absolute atomic E-state index is 0.570. The number of hydrogen-bond donors (Lipinski definition) is 1. The number of rotatable bonds is 0. The fraction of sp³-hybridized carbons (Fsp3) is 0.889. The first-order chi connectivity index (χ1) is 6.18. The predicted molar refractivity (Wildman–Crippen MR) is 57.5 cm³/mol. The Morgan fingerprint density at radius 1 is 1.31 bits per heavy atom. The number of likely N-dealkylation sites (N-methyl/N-ethyl adjacent to an activating group) is 1. The van der Waals surface area contributed by atoms with Crippen LogP contribution in [-0.4, -0.2) is 47.1 Å². The highest BCUT2D eigenvalue weighted by molar-refractivity contribution is 7.80. The largest absolute Gasteiger partial charge is 0.376 e. The molecule has 2 saturated heterocycles. The Bertz CT molecular complexity index is 219. The van der Waals surface area contributed by atoms with Crippen LogP contribution < -0.4 is 5.73 Å². The summed E-state index contributed by atoms with van der Waals surface area (Å²) in [5.41, 5.74) is 5.65. The smallest absolute Gasteiger partial charge is 0.166 e. The van der Waals surface area contributed by atoms with Gasteiger partial charge < -0.3 is 10.6 Å². The van der Waals surface area contributed by atoms with Crippen molar-refractivity contribution in [2.24, 2.45) is 5.73 Å². The molecule has 0 aliphatic carbocycles. The molecule has 2 aliphatic heterocycles. The fourth-order valence-electron chi connectivity index (χ4n) is 2.51. The summed E-state index contributed by atoms with van der Waals surface area (Å²) in [4.78, 5) is 4.65. The highest BCUT2D eigenvalue weighted by Crippen LogP contribution is 2.28. The quantitative estimate of drug-likeness (QED) is 0.572. The van der Waals surface area contributed by atoms with E-state index >= 15 is 0 Å². The van der Waals surface area contributed by atoms with Gasteiger partial charge >= 0.3 is 0 Å². The summed E-state index contributed by atoms with van der Waals surface area (Å²) in [6, 6.07) is 1.44. The molecule has 0 spiro atoms. The van der Waals surface area contributed by atoms with E-state index in [0.717, 1.165) is 19.1 Å². The van der Waals surface area contributed by atoms with Gasteiger partial charge in [0.2, 0.25) is 0 Å². The molecule has 2 fully saturated rings. The molecule has 2 rings (SSSR count). The van der Waals surface area contributed by atoms with E-state index in [1.807, 2.05) is 0 Å². The Labute approximate surface area is 84.9 Å². The number of nitrogens with zero attached hydrogens (tertiary/aromatic N) is 2. The van der Waals surface area contributed by atoms with Gasteiger partial charge in [-0.1, -0.05) is 0 Å².